The van der Waals surface area contributed by atoms with Gasteiger partial charge in [-0.25, -0.2) is 9.59 Å². The molecule has 0 aliphatic rings. The van der Waals surface area contributed by atoms with E-state index in [1.54, 1.807) is 13.8 Å². The van der Waals surface area contributed by atoms with E-state index in [-0.39, 0.29) is 12.3 Å². The summed E-state index contributed by atoms with van der Waals surface area (Å²) in [5.74, 6) is -0.578. The summed E-state index contributed by atoms with van der Waals surface area (Å²) in [6, 6.07) is 0. The molecule has 6 heteroatoms. The first-order valence-corrected chi connectivity index (χ1v) is 4.22. The Labute approximate surface area is 87.9 Å². The average Bonchev–Trinajstić information content (AvgIpc) is 2.14. The summed E-state index contributed by atoms with van der Waals surface area (Å²) in [6.45, 7) is 7.95. The largest absolute Gasteiger partial charge is 0.441 e. The summed E-state index contributed by atoms with van der Waals surface area (Å²) in [6.07, 6.45) is -0.786. The van der Waals surface area contributed by atoms with E-state index in [0.29, 0.717) is 5.71 Å². The lowest BCUT2D eigenvalue weighted by atomic mass is 10.4. The van der Waals surface area contributed by atoms with Crippen LogP contribution in [0.5, 0.6) is 0 Å². The summed E-state index contributed by atoms with van der Waals surface area (Å²) in [5.41, 5.74) is 0.858. The van der Waals surface area contributed by atoms with Crippen LogP contribution in [0, 0.1) is 0 Å². The molecule has 0 rings (SSSR count). The second-order valence-electron chi connectivity index (χ2n) is 2.95. The van der Waals surface area contributed by atoms with Crippen LogP contribution in [-0.4, -0.2) is 24.5 Å². The van der Waals surface area contributed by atoms with Crippen molar-refractivity contribution in [3.63, 3.8) is 0 Å². The molecule has 0 aromatic heterocycles. The van der Waals surface area contributed by atoms with Gasteiger partial charge in [-0.2, -0.15) is 0 Å². The van der Waals surface area contributed by atoms with Gasteiger partial charge in [-0.15, -0.1) is 0 Å². The molecule has 0 aliphatic heterocycles. The van der Waals surface area contributed by atoms with Gasteiger partial charge in [0.2, 0.25) is 0 Å². The van der Waals surface area contributed by atoms with Gasteiger partial charge in [-0.1, -0.05) is 11.7 Å². The number of hydrogen-bond donors (Lipinski definition) is 1. The number of nitrogens with zero attached hydrogens (tertiary/aromatic N) is 1. The Morgan fingerprint density at radius 1 is 1.33 bits per heavy atom. The van der Waals surface area contributed by atoms with Crippen LogP contribution >= 0.6 is 0 Å². The molecule has 0 fully saturated rings. The minimum absolute atomic E-state index is 0.257. The molecule has 0 bridgehead atoms. The fraction of sp³-hybridized carbons (Fsp3) is 0.444. The minimum Gasteiger partial charge on any atom is -0.441 e. The van der Waals surface area contributed by atoms with Crippen molar-refractivity contribution in [2.75, 3.05) is 6.73 Å². The molecule has 0 radical (unpaired) electrons. The fourth-order valence-corrected chi connectivity index (χ4v) is 0.449. The molecule has 0 aromatic carbocycles. The van der Waals surface area contributed by atoms with Crippen molar-refractivity contribution in [1.82, 2.24) is 5.32 Å². The van der Waals surface area contributed by atoms with Crippen LogP contribution in [0.1, 0.15) is 20.8 Å². The summed E-state index contributed by atoms with van der Waals surface area (Å²) in [4.78, 5) is 26.1. The number of rotatable bonds is 4. The van der Waals surface area contributed by atoms with Crippen LogP contribution in [-0.2, 0) is 14.4 Å². The van der Waals surface area contributed by atoms with E-state index in [0.717, 1.165) is 0 Å². The van der Waals surface area contributed by atoms with Crippen molar-refractivity contribution in [3.8, 4) is 0 Å². The SMILES string of the molecule is C=C(C)C(=O)OCNC(=O)ON=C(C)C. The highest BCUT2D eigenvalue weighted by Gasteiger charge is 2.05. The molecule has 0 aliphatic carbocycles. The van der Waals surface area contributed by atoms with Crippen LogP contribution in [0.25, 0.3) is 0 Å². The van der Waals surface area contributed by atoms with Gasteiger partial charge in [0.15, 0.2) is 6.73 Å². The summed E-state index contributed by atoms with van der Waals surface area (Å²) in [7, 11) is 0. The number of hydrogen-bond acceptors (Lipinski definition) is 5. The normalized spacial score (nSPS) is 8.73. The van der Waals surface area contributed by atoms with Crippen molar-refractivity contribution in [3.05, 3.63) is 12.2 Å². The van der Waals surface area contributed by atoms with E-state index in [1.165, 1.54) is 6.92 Å². The van der Waals surface area contributed by atoms with Gasteiger partial charge in [-0.3, -0.25) is 10.2 Å². The second kappa shape index (κ2) is 6.58. The first kappa shape index (κ1) is 13.2. The molecule has 15 heavy (non-hydrogen) atoms. The number of nitrogens with one attached hydrogen (secondary N) is 1. The Bertz CT molecular complexity index is 292. The zero-order chi connectivity index (χ0) is 11.8. The standard InChI is InChI=1S/C9H14N2O4/c1-6(2)8(12)14-5-10-9(13)15-11-7(3)4/h1,5H2,2-4H3,(H,10,13). The third-order valence-corrected chi connectivity index (χ3v) is 1.08. The summed E-state index contributed by atoms with van der Waals surface area (Å²) >= 11 is 0. The molecule has 1 N–H and O–H groups in total. The minimum atomic E-state index is -0.786. The molecule has 1 amide bonds. The molecule has 0 heterocycles. The van der Waals surface area contributed by atoms with Gasteiger partial charge in [0.05, 0.1) is 5.71 Å². The number of amides is 1. The van der Waals surface area contributed by atoms with Crippen LogP contribution in [0.3, 0.4) is 0 Å². The van der Waals surface area contributed by atoms with Gasteiger partial charge in [0.25, 0.3) is 0 Å². The quantitative estimate of drug-likeness (QED) is 0.190. The molecule has 6 nitrogen and oxygen atoms in total. The maximum Gasteiger partial charge on any atom is 0.435 e. The molecule has 0 saturated carbocycles. The zero-order valence-electron chi connectivity index (χ0n) is 8.99. The van der Waals surface area contributed by atoms with Crippen molar-refractivity contribution in [2.45, 2.75) is 20.8 Å². The van der Waals surface area contributed by atoms with Crippen LogP contribution in [0.4, 0.5) is 4.79 Å². The Balaban J connectivity index is 3.69. The maximum atomic E-state index is 10.8. The van der Waals surface area contributed by atoms with Gasteiger partial charge < -0.3 is 4.74 Å². The van der Waals surface area contributed by atoms with Crippen molar-refractivity contribution < 1.29 is 19.2 Å². The molecule has 0 aromatic rings. The Kier molecular flexibility index (Phi) is 5.77. The molecule has 0 atom stereocenters. The number of oxime groups is 1. The highest BCUT2D eigenvalue weighted by Crippen LogP contribution is 1.90. The van der Waals surface area contributed by atoms with E-state index < -0.39 is 12.1 Å². The molecule has 0 unspecified atom stereocenters. The van der Waals surface area contributed by atoms with Crippen LogP contribution < -0.4 is 5.32 Å². The van der Waals surface area contributed by atoms with Gasteiger partial charge >= 0.3 is 12.1 Å². The van der Waals surface area contributed by atoms with Crippen LogP contribution in [0.2, 0.25) is 0 Å². The predicted octanol–water partition coefficient (Wildman–Crippen LogP) is 1.19. The van der Waals surface area contributed by atoms with E-state index in [9.17, 15) is 9.59 Å². The number of carbonyl (C=O) groups is 2. The first-order chi connectivity index (χ1) is 6.93. The summed E-state index contributed by atoms with van der Waals surface area (Å²) in [5, 5.41) is 5.58. The van der Waals surface area contributed by atoms with Gasteiger partial charge in [0.1, 0.15) is 0 Å². The molecular weight excluding hydrogens is 200 g/mol. The monoisotopic (exact) mass is 214 g/mol. The maximum absolute atomic E-state index is 10.8. The molecule has 0 saturated heterocycles. The molecular formula is C9H14N2O4. The summed E-state index contributed by atoms with van der Waals surface area (Å²) < 4.78 is 4.58. The lowest BCUT2D eigenvalue weighted by molar-refractivity contribution is -0.139. The zero-order valence-corrected chi connectivity index (χ0v) is 8.99. The predicted molar refractivity (Wildman–Crippen MR) is 54.2 cm³/mol. The fourth-order valence-electron chi connectivity index (χ4n) is 0.449. The lowest BCUT2D eigenvalue weighted by Crippen LogP contribution is -2.27. The number of esters is 1. The Morgan fingerprint density at radius 3 is 2.40 bits per heavy atom. The third-order valence-electron chi connectivity index (χ3n) is 1.08. The van der Waals surface area contributed by atoms with E-state index >= 15 is 0 Å². The Hall–Kier alpha value is -1.85. The van der Waals surface area contributed by atoms with Gasteiger partial charge in [-0.05, 0) is 20.8 Å². The lowest BCUT2D eigenvalue weighted by Gasteiger charge is -2.04. The van der Waals surface area contributed by atoms with E-state index in [4.69, 9.17) is 0 Å². The van der Waals surface area contributed by atoms with E-state index in [1.807, 2.05) is 0 Å². The van der Waals surface area contributed by atoms with Crippen molar-refractivity contribution in [1.29, 1.82) is 0 Å². The molecule has 84 valence electrons. The average molecular weight is 214 g/mol. The smallest absolute Gasteiger partial charge is 0.435 e. The number of carbonyl (C=O) groups excluding carboxylic acids is 2. The first-order valence-electron chi connectivity index (χ1n) is 4.22. The number of ether oxygens (including phenoxy) is 1. The molecule has 0 spiro atoms. The van der Waals surface area contributed by atoms with Crippen LogP contribution in [0.15, 0.2) is 17.3 Å². The van der Waals surface area contributed by atoms with Crippen molar-refractivity contribution >= 4 is 17.8 Å². The second-order valence-corrected chi connectivity index (χ2v) is 2.95. The topological polar surface area (TPSA) is 77.0 Å². The Morgan fingerprint density at radius 2 is 1.93 bits per heavy atom. The highest BCUT2D eigenvalue weighted by molar-refractivity contribution is 5.87. The third kappa shape index (κ3) is 7.24. The highest BCUT2D eigenvalue weighted by atomic mass is 16.7. The van der Waals surface area contributed by atoms with Gasteiger partial charge in [0, 0.05) is 5.57 Å². The van der Waals surface area contributed by atoms with Crippen molar-refractivity contribution in [2.24, 2.45) is 5.16 Å². The van der Waals surface area contributed by atoms with E-state index in [2.05, 4.69) is 26.6 Å².